The first-order valence-electron chi connectivity index (χ1n) is 9.53. The van der Waals surface area contributed by atoms with Crippen molar-refractivity contribution in [3.63, 3.8) is 0 Å². The molecule has 0 aromatic heterocycles. The summed E-state index contributed by atoms with van der Waals surface area (Å²) in [5.41, 5.74) is 9.47. The van der Waals surface area contributed by atoms with Crippen LogP contribution < -0.4 is 16.4 Å². The van der Waals surface area contributed by atoms with Gasteiger partial charge in [0.25, 0.3) is 5.91 Å². The van der Waals surface area contributed by atoms with E-state index in [1.807, 2.05) is 0 Å². The Labute approximate surface area is 178 Å². The number of ketones is 1. The lowest BCUT2D eigenvalue weighted by atomic mass is 9.98. The predicted octanol–water partition coefficient (Wildman–Crippen LogP) is 2.91. The van der Waals surface area contributed by atoms with Gasteiger partial charge in [0, 0.05) is 39.8 Å². The second kappa shape index (κ2) is 8.25. The number of aliphatic hydroxyl groups is 1. The fourth-order valence-corrected chi connectivity index (χ4v) is 3.32. The monoisotopic (exact) mass is 413 g/mol. The molecule has 31 heavy (non-hydrogen) atoms. The van der Waals surface area contributed by atoms with Crippen LogP contribution >= 0.6 is 0 Å². The molecule has 3 aromatic carbocycles. The summed E-state index contributed by atoms with van der Waals surface area (Å²) in [4.78, 5) is 36.6. The molecule has 0 saturated heterocycles. The zero-order valence-corrected chi connectivity index (χ0v) is 16.4. The van der Waals surface area contributed by atoms with Crippen LogP contribution in [0.2, 0.25) is 0 Å². The highest BCUT2D eigenvalue weighted by molar-refractivity contribution is 6.32. The standard InChI is InChI=1S/C24H19N3O4/c25-23(30)17-3-1-2-15(10-17)22(29)16-6-9-19-20(24(31)27-21(19)11-16)12-26-18-7-4-14(13-28)5-8-18/h1-12,26,28H,13H2,(H2,25,30)(H,27,31). The normalized spacial score (nSPS) is 13.6. The van der Waals surface area contributed by atoms with Crippen molar-refractivity contribution in [3.8, 4) is 0 Å². The first-order chi connectivity index (χ1) is 15.0. The second-order valence-corrected chi connectivity index (χ2v) is 7.05. The van der Waals surface area contributed by atoms with Crippen molar-refractivity contribution in [3.05, 3.63) is 101 Å². The maximum Gasteiger partial charge on any atom is 0.257 e. The number of hydrogen-bond acceptors (Lipinski definition) is 5. The van der Waals surface area contributed by atoms with Crippen LogP contribution in [-0.4, -0.2) is 22.7 Å². The van der Waals surface area contributed by atoms with Crippen molar-refractivity contribution in [1.82, 2.24) is 0 Å². The molecule has 4 rings (SSSR count). The summed E-state index contributed by atoms with van der Waals surface area (Å²) in [5, 5.41) is 15.0. The third kappa shape index (κ3) is 4.08. The van der Waals surface area contributed by atoms with Gasteiger partial charge < -0.3 is 21.5 Å². The topological polar surface area (TPSA) is 122 Å². The van der Waals surface area contributed by atoms with Gasteiger partial charge in [-0.05, 0) is 35.9 Å². The van der Waals surface area contributed by atoms with Gasteiger partial charge in [-0.2, -0.15) is 0 Å². The highest BCUT2D eigenvalue weighted by Gasteiger charge is 2.25. The van der Waals surface area contributed by atoms with Gasteiger partial charge in [0.2, 0.25) is 5.91 Å². The summed E-state index contributed by atoms with van der Waals surface area (Å²) in [7, 11) is 0. The van der Waals surface area contributed by atoms with Crippen molar-refractivity contribution in [2.75, 3.05) is 10.6 Å². The number of carbonyl (C=O) groups is 3. The van der Waals surface area contributed by atoms with Crippen LogP contribution in [-0.2, 0) is 11.4 Å². The molecule has 0 unspecified atom stereocenters. The van der Waals surface area contributed by atoms with Gasteiger partial charge >= 0.3 is 0 Å². The number of nitrogens with two attached hydrogens (primary N) is 1. The first-order valence-corrected chi connectivity index (χ1v) is 9.53. The van der Waals surface area contributed by atoms with Gasteiger partial charge in [0.15, 0.2) is 5.78 Å². The third-order valence-electron chi connectivity index (χ3n) is 4.99. The SMILES string of the molecule is NC(=O)c1cccc(C(=O)c2ccc3c(c2)NC(=O)C3=CNc2ccc(CO)cc2)c1. The van der Waals surface area contributed by atoms with E-state index < -0.39 is 5.91 Å². The van der Waals surface area contributed by atoms with E-state index in [1.165, 1.54) is 6.07 Å². The fourth-order valence-electron chi connectivity index (χ4n) is 3.32. The summed E-state index contributed by atoms with van der Waals surface area (Å²) >= 11 is 0. The zero-order valence-electron chi connectivity index (χ0n) is 16.4. The lowest BCUT2D eigenvalue weighted by Crippen LogP contribution is -2.12. The number of benzene rings is 3. The van der Waals surface area contributed by atoms with Crippen LogP contribution in [0, 0.1) is 0 Å². The molecule has 0 aliphatic carbocycles. The minimum Gasteiger partial charge on any atom is -0.392 e. The van der Waals surface area contributed by atoms with Crippen LogP contribution in [0.15, 0.2) is 72.9 Å². The van der Waals surface area contributed by atoms with Crippen molar-refractivity contribution in [1.29, 1.82) is 0 Å². The molecule has 5 N–H and O–H groups in total. The molecule has 7 heteroatoms. The Kier molecular flexibility index (Phi) is 5.34. The number of nitrogens with one attached hydrogen (secondary N) is 2. The lowest BCUT2D eigenvalue weighted by molar-refractivity contribution is -0.110. The maximum atomic E-state index is 12.8. The number of carbonyl (C=O) groups excluding carboxylic acids is 3. The number of hydrogen-bond donors (Lipinski definition) is 4. The van der Waals surface area contributed by atoms with Crippen LogP contribution in [0.3, 0.4) is 0 Å². The molecule has 154 valence electrons. The Morgan fingerprint density at radius 2 is 1.68 bits per heavy atom. The molecule has 0 saturated carbocycles. The van der Waals surface area contributed by atoms with E-state index in [4.69, 9.17) is 10.8 Å². The highest BCUT2D eigenvalue weighted by Crippen LogP contribution is 2.33. The summed E-state index contributed by atoms with van der Waals surface area (Å²) < 4.78 is 0. The molecular weight excluding hydrogens is 394 g/mol. The molecule has 1 aliphatic heterocycles. The van der Waals surface area contributed by atoms with Crippen LogP contribution in [0.5, 0.6) is 0 Å². The molecule has 3 aromatic rings. The molecule has 7 nitrogen and oxygen atoms in total. The van der Waals surface area contributed by atoms with E-state index in [0.717, 1.165) is 11.3 Å². The quantitative estimate of drug-likeness (QED) is 0.366. The number of rotatable bonds is 6. The fraction of sp³-hybridized carbons (Fsp3) is 0.0417. The van der Waals surface area contributed by atoms with Gasteiger partial charge in [0.1, 0.15) is 0 Å². The van der Waals surface area contributed by atoms with Gasteiger partial charge in [-0.25, -0.2) is 0 Å². The molecular formula is C24H19N3O4. The van der Waals surface area contributed by atoms with E-state index in [2.05, 4.69) is 10.6 Å². The number of anilines is 2. The highest BCUT2D eigenvalue weighted by atomic mass is 16.3. The Balaban J connectivity index is 1.58. The van der Waals surface area contributed by atoms with E-state index in [9.17, 15) is 14.4 Å². The summed E-state index contributed by atoms with van der Waals surface area (Å²) in [6.07, 6.45) is 1.60. The predicted molar refractivity (Wildman–Crippen MR) is 117 cm³/mol. The van der Waals surface area contributed by atoms with Gasteiger partial charge in [0.05, 0.1) is 12.2 Å². The second-order valence-electron chi connectivity index (χ2n) is 7.05. The van der Waals surface area contributed by atoms with Gasteiger partial charge in [-0.15, -0.1) is 0 Å². The van der Waals surface area contributed by atoms with Crippen LogP contribution in [0.4, 0.5) is 11.4 Å². The van der Waals surface area contributed by atoms with E-state index in [1.54, 1.807) is 66.9 Å². The lowest BCUT2D eigenvalue weighted by Gasteiger charge is -2.06. The van der Waals surface area contributed by atoms with E-state index in [0.29, 0.717) is 28.0 Å². The smallest absolute Gasteiger partial charge is 0.257 e. The minimum absolute atomic E-state index is 0.0367. The zero-order chi connectivity index (χ0) is 22.0. The van der Waals surface area contributed by atoms with Crippen LogP contribution in [0.25, 0.3) is 5.57 Å². The average molecular weight is 413 g/mol. The Bertz CT molecular complexity index is 1230. The molecule has 1 aliphatic rings. The van der Waals surface area contributed by atoms with Crippen molar-refractivity contribution < 1.29 is 19.5 Å². The molecule has 2 amide bonds. The molecule has 0 fully saturated rings. The first kappa shape index (κ1) is 20.1. The Morgan fingerprint density at radius 1 is 0.968 bits per heavy atom. The Morgan fingerprint density at radius 3 is 2.39 bits per heavy atom. The van der Waals surface area contributed by atoms with Gasteiger partial charge in [-0.1, -0.05) is 36.4 Å². The van der Waals surface area contributed by atoms with Crippen molar-refractivity contribution in [2.45, 2.75) is 6.61 Å². The summed E-state index contributed by atoms with van der Waals surface area (Å²) in [6, 6.07) is 18.4. The average Bonchev–Trinajstić information content (AvgIpc) is 3.11. The summed E-state index contributed by atoms with van der Waals surface area (Å²) in [6.45, 7) is -0.0367. The number of aliphatic hydroxyl groups excluding tert-OH is 1. The van der Waals surface area contributed by atoms with Crippen LogP contribution in [0.1, 0.15) is 37.4 Å². The largest absolute Gasteiger partial charge is 0.392 e. The number of fused-ring (bicyclic) bond motifs is 1. The molecule has 0 bridgehead atoms. The van der Waals surface area contributed by atoms with Crippen molar-refractivity contribution >= 4 is 34.5 Å². The van der Waals surface area contributed by atoms with Gasteiger partial charge in [-0.3, -0.25) is 14.4 Å². The third-order valence-corrected chi connectivity index (χ3v) is 4.99. The summed E-state index contributed by atoms with van der Waals surface area (Å²) in [5.74, 6) is -1.17. The maximum absolute atomic E-state index is 12.8. The van der Waals surface area contributed by atoms with E-state index >= 15 is 0 Å². The Hall–Kier alpha value is -4.23. The number of amides is 2. The number of primary amides is 1. The molecule has 1 heterocycles. The molecule has 0 atom stereocenters. The molecule has 0 spiro atoms. The van der Waals surface area contributed by atoms with Crippen molar-refractivity contribution in [2.24, 2.45) is 5.73 Å². The van der Waals surface area contributed by atoms with E-state index in [-0.39, 0.29) is 23.9 Å². The minimum atomic E-state index is -0.607. The molecule has 0 radical (unpaired) electrons.